The molecule has 2 rings (SSSR count). The fourth-order valence-corrected chi connectivity index (χ4v) is 2.31. The van der Waals surface area contributed by atoms with Gasteiger partial charge in [0.25, 0.3) is 5.69 Å². The number of benzene rings is 1. The molecule has 5 nitrogen and oxygen atoms in total. The van der Waals surface area contributed by atoms with Gasteiger partial charge in [0.15, 0.2) is 0 Å². The third-order valence-electron chi connectivity index (χ3n) is 2.74. The van der Waals surface area contributed by atoms with Crippen molar-refractivity contribution in [1.29, 1.82) is 0 Å². The Bertz CT molecular complexity index is 712. The maximum Gasteiger partial charge on any atom is 0.416 e. The minimum atomic E-state index is -4.64. The van der Waals surface area contributed by atoms with Crippen LogP contribution in [0, 0.1) is 10.1 Å². The monoisotopic (exact) mass is 329 g/mol. The zero-order chi connectivity index (χ0) is 16.3. The molecule has 0 saturated heterocycles. The second kappa shape index (κ2) is 6.14. The third kappa shape index (κ3) is 3.61. The minimum Gasteiger partial charge on any atom is -0.271 e. The summed E-state index contributed by atoms with van der Waals surface area (Å²) in [6, 6.07) is 5.88. The van der Waals surface area contributed by atoms with Crippen LogP contribution in [-0.2, 0) is 6.18 Å². The maximum absolute atomic E-state index is 12.6. The van der Waals surface area contributed by atoms with E-state index in [0.717, 1.165) is 17.0 Å². The van der Waals surface area contributed by atoms with Gasteiger partial charge in [-0.05, 0) is 30.5 Å². The predicted molar refractivity (Wildman–Crippen MR) is 78.3 cm³/mol. The zero-order valence-electron chi connectivity index (χ0n) is 11.2. The van der Waals surface area contributed by atoms with E-state index in [0.29, 0.717) is 11.8 Å². The highest BCUT2D eigenvalue weighted by atomic mass is 32.1. The number of nitrogens with one attached hydrogen (secondary N) is 1. The Morgan fingerprint density at radius 3 is 2.64 bits per heavy atom. The molecule has 1 N–H and O–H groups in total. The van der Waals surface area contributed by atoms with Crippen LogP contribution < -0.4 is 5.43 Å². The smallest absolute Gasteiger partial charge is 0.271 e. The van der Waals surface area contributed by atoms with Gasteiger partial charge in [-0.2, -0.15) is 18.3 Å². The average Bonchev–Trinajstić information content (AvgIpc) is 2.97. The molecular formula is C13H10F3N3O2S. The van der Waals surface area contributed by atoms with E-state index in [2.05, 4.69) is 10.5 Å². The van der Waals surface area contributed by atoms with Crippen molar-refractivity contribution in [3.05, 3.63) is 56.3 Å². The van der Waals surface area contributed by atoms with Gasteiger partial charge in [-0.1, -0.05) is 6.07 Å². The summed E-state index contributed by atoms with van der Waals surface area (Å²) in [4.78, 5) is 10.9. The maximum atomic E-state index is 12.6. The molecule has 1 heterocycles. The van der Waals surface area contributed by atoms with Crippen LogP contribution >= 0.6 is 11.3 Å². The fourth-order valence-electron chi connectivity index (χ4n) is 1.64. The molecule has 0 amide bonds. The van der Waals surface area contributed by atoms with Gasteiger partial charge >= 0.3 is 6.18 Å². The van der Waals surface area contributed by atoms with Crippen molar-refractivity contribution in [3.63, 3.8) is 0 Å². The number of halogens is 3. The molecule has 0 atom stereocenters. The van der Waals surface area contributed by atoms with Crippen LogP contribution in [-0.4, -0.2) is 10.6 Å². The first-order valence-electron chi connectivity index (χ1n) is 5.99. The highest BCUT2D eigenvalue weighted by Gasteiger charge is 2.33. The Kier molecular flexibility index (Phi) is 4.45. The van der Waals surface area contributed by atoms with E-state index < -0.39 is 22.4 Å². The molecule has 9 heteroatoms. The van der Waals surface area contributed by atoms with Crippen molar-refractivity contribution < 1.29 is 18.1 Å². The number of alkyl halides is 3. The molecule has 0 radical (unpaired) electrons. The summed E-state index contributed by atoms with van der Waals surface area (Å²) < 4.78 is 37.8. The van der Waals surface area contributed by atoms with Gasteiger partial charge in [0.05, 0.1) is 16.2 Å². The van der Waals surface area contributed by atoms with E-state index in [1.807, 2.05) is 17.5 Å². The lowest BCUT2D eigenvalue weighted by molar-refractivity contribution is -0.384. The third-order valence-corrected chi connectivity index (χ3v) is 3.72. The minimum absolute atomic E-state index is 0.103. The molecule has 1 aromatic heterocycles. The SMILES string of the molecule is CC(=NNc1ccc(C(F)(F)F)cc1[N+](=O)[O-])c1cccs1. The highest BCUT2D eigenvalue weighted by molar-refractivity contribution is 7.12. The van der Waals surface area contributed by atoms with Crippen LogP contribution in [0.1, 0.15) is 17.4 Å². The molecule has 116 valence electrons. The van der Waals surface area contributed by atoms with Gasteiger partial charge in [-0.3, -0.25) is 15.5 Å². The van der Waals surface area contributed by atoms with Crippen molar-refractivity contribution in [2.75, 3.05) is 5.43 Å². The fraction of sp³-hybridized carbons (Fsp3) is 0.154. The first-order valence-corrected chi connectivity index (χ1v) is 6.87. The van der Waals surface area contributed by atoms with Crippen LogP contribution in [0.5, 0.6) is 0 Å². The summed E-state index contributed by atoms with van der Waals surface area (Å²) in [5.41, 5.74) is 1.15. The number of hydrogen-bond donors (Lipinski definition) is 1. The van der Waals surface area contributed by atoms with Crippen LogP contribution in [0.4, 0.5) is 24.5 Å². The molecule has 22 heavy (non-hydrogen) atoms. The number of nitrogens with zero attached hydrogens (tertiary/aromatic N) is 2. The number of hydrogen-bond acceptors (Lipinski definition) is 5. The normalized spacial score (nSPS) is 12.3. The first-order chi connectivity index (χ1) is 10.3. The summed E-state index contributed by atoms with van der Waals surface area (Å²) >= 11 is 1.43. The van der Waals surface area contributed by atoms with E-state index in [1.54, 1.807) is 6.92 Å². The van der Waals surface area contributed by atoms with Crippen molar-refractivity contribution in [2.45, 2.75) is 13.1 Å². The molecule has 0 bridgehead atoms. The zero-order valence-corrected chi connectivity index (χ0v) is 12.0. The second-order valence-corrected chi connectivity index (χ2v) is 5.22. The molecule has 0 aliphatic carbocycles. The van der Waals surface area contributed by atoms with E-state index >= 15 is 0 Å². The van der Waals surface area contributed by atoms with E-state index in [4.69, 9.17) is 0 Å². The summed E-state index contributed by atoms with van der Waals surface area (Å²) in [5.74, 6) is 0. The van der Waals surface area contributed by atoms with Crippen LogP contribution in [0.25, 0.3) is 0 Å². The molecule has 0 fully saturated rings. The quantitative estimate of drug-likeness (QED) is 0.510. The lowest BCUT2D eigenvalue weighted by atomic mass is 10.1. The van der Waals surface area contributed by atoms with Crippen molar-refractivity contribution in [2.24, 2.45) is 5.10 Å². The molecule has 2 aromatic rings. The van der Waals surface area contributed by atoms with Gasteiger partial charge in [0, 0.05) is 10.9 Å². The summed E-state index contributed by atoms with van der Waals surface area (Å²) in [6.45, 7) is 1.69. The Balaban J connectivity index is 2.31. The molecule has 1 aromatic carbocycles. The summed E-state index contributed by atoms with van der Waals surface area (Å²) in [7, 11) is 0. The van der Waals surface area contributed by atoms with E-state index in [1.165, 1.54) is 11.3 Å². The summed E-state index contributed by atoms with van der Waals surface area (Å²) in [6.07, 6.45) is -4.64. The molecule has 0 saturated carbocycles. The Morgan fingerprint density at radius 1 is 1.36 bits per heavy atom. The lowest BCUT2D eigenvalue weighted by Crippen LogP contribution is -2.07. The van der Waals surface area contributed by atoms with Crippen LogP contribution in [0.15, 0.2) is 40.8 Å². The Morgan fingerprint density at radius 2 is 2.09 bits per heavy atom. The molecular weight excluding hydrogens is 319 g/mol. The first kappa shape index (κ1) is 16.0. The molecule has 0 spiro atoms. The Hall–Kier alpha value is -2.42. The van der Waals surface area contributed by atoms with Crippen LogP contribution in [0.2, 0.25) is 0 Å². The number of hydrazone groups is 1. The molecule has 0 aliphatic rings. The topological polar surface area (TPSA) is 67.5 Å². The van der Waals surface area contributed by atoms with Gasteiger partial charge < -0.3 is 0 Å². The number of nitro benzene ring substituents is 1. The number of rotatable bonds is 4. The average molecular weight is 329 g/mol. The van der Waals surface area contributed by atoms with Gasteiger partial charge in [-0.25, -0.2) is 0 Å². The number of anilines is 1. The second-order valence-electron chi connectivity index (χ2n) is 4.27. The van der Waals surface area contributed by atoms with Crippen molar-refractivity contribution in [1.82, 2.24) is 0 Å². The Labute approximate surface area is 127 Å². The summed E-state index contributed by atoms with van der Waals surface area (Å²) in [5, 5.41) is 16.7. The standard InChI is InChI=1S/C13H10F3N3O2S/c1-8(12-3-2-6-22-12)17-18-10-5-4-9(13(14,15)16)7-11(10)19(20)21/h2-7,18H,1H3. The van der Waals surface area contributed by atoms with Crippen LogP contribution in [0.3, 0.4) is 0 Å². The number of thiophene rings is 1. The van der Waals surface area contributed by atoms with E-state index in [9.17, 15) is 23.3 Å². The largest absolute Gasteiger partial charge is 0.416 e. The number of nitro groups is 1. The molecule has 0 aliphatic heterocycles. The van der Waals surface area contributed by atoms with Gasteiger partial charge in [0.1, 0.15) is 5.69 Å². The molecule has 0 unspecified atom stereocenters. The lowest BCUT2D eigenvalue weighted by Gasteiger charge is -2.08. The van der Waals surface area contributed by atoms with Crippen molar-refractivity contribution in [3.8, 4) is 0 Å². The van der Waals surface area contributed by atoms with Gasteiger partial charge in [0.2, 0.25) is 0 Å². The van der Waals surface area contributed by atoms with Crippen molar-refractivity contribution >= 4 is 28.4 Å². The predicted octanol–water partition coefficient (Wildman–Crippen LogP) is 4.51. The van der Waals surface area contributed by atoms with Gasteiger partial charge in [-0.15, -0.1) is 11.3 Å². The van der Waals surface area contributed by atoms with E-state index in [-0.39, 0.29) is 5.69 Å². The highest BCUT2D eigenvalue weighted by Crippen LogP contribution is 2.35.